The number of benzene rings is 6. The summed E-state index contributed by atoms with van der Waals surface area (Å²) < 4.78 is 4.70. The van der Waals surface area contributed by atoms with E-state index in [4.69, 9.17) is 0 Å². The minimum Gasteiger partial charge on any atom is -0.316 e. The Labute approximate surface area is 256 Å². The smallest absolute Gasteiger partial charge is 0.0562 e. The van der Waals surface area contributed by atoms with Gasteiger partial charge in [-0.3, -0.25) is 0 Å². The molecule has 0 atom stereocenters. The summed E-state index contributed by atoms with van der Waals surface area (Å²) in [5, 5.41) is 3.77. The molecular weight excluding hydrogens is 534 g/mol. The SMILES string of the molecule is CC1(C)c2ccccc2N(c2ccc(-n3c4ccccc4c4cc5ccn(-c6ccccc6)c5cc43)cc2)c2ccccc21. The number of rotatable bonds is 3. The van der Waals surface area contributed by atoms with Crippen LogP contribution in [0.4, 0.5) is 17.1 Å². The summed E-state index contributed by atoms with van der Waals surface area (Å²) in [5.41, 5.74) is 12.2. The second-order valence-electron chi connectivity index (χ2n) is 12.3. The summed E-state index contributed by atoms with van der Waals surface area (Å²) in [4.78, 5) is 2.42. The predicted molar refractivity (Wildman–Crippen MR) is 184 cm³/mol. The van der Waals surface area contributed by atoms with Crippen molar-refractivity contribution in [1.82, 2.24) is 9.13 Å². The molecule has 0 fully saturated rings. The summed E-state index contributed by atoms with van der Waals surface area (Å²) >= 11 is 0. The molecule has 1 aliphatic rings. The summed E-state index contributed by atoms with van der Waals surface area (Å²) in [5.74, 6) is 0. The Morgan fingerprint density at radius 2 is 1.07 bits per heavy atom. The van der Waals surface area contributed by atoms with Crippen molar-refractivity contribution < 1.29 is 0 Å². The summed E-state index contributed by atoms with van der Waals surface area (Å²) in [6, 6.07) is 53.0. The highest BCUT2D eigenvalue weighted by molar-refractivity contribution is 6.13. The van der Waals surface area contributed by atoms with E-state index in [1.165, 1.54) is 60.9 Å². The van der Waals surface area contributed by atoms with Crippen LogP contribution in [0.2, 0.25) is 0 Å². The molecule has 0 aliphatic carbocycles. The van der Waals surface area contributed by atoms with Crippen LogP contribution in [0.3, 0.4) is 0 Å². The van der Waals surface area contributed by atoms with Crippen molar-refractivity contribution in [3.05, 3.63) is 163 Å². The fourth-order valence-corrected chi connectivity index (χ4v) is 7.39. The number of hydrogen-bond acceptors (Lipinski definition) is 1. The van der Waals surface area contributed by atoms with Crippen LogP contribution < -0.4 is 4.90 Å². The topological polar surface area (TPSA) is 13.1 Å². The van der Waals surface area contributed by atoms with Crippen molar-refractivity contribution in [3.63, 3.8) is 0 Å². The second kappa shape index (κ2) is 9.23. The van der Waals surface area contributed by atoms with Crippen molar-refractivity contribution in [2.45, 2.75) is 19.3 Å². The molecule has 3 heterocycles. The Bertz CT molecular complexity index is 2300. The predicted octanol–water partition coefficient (Wildman–Crippen LogP) is 10.8. The van der Waals surface area contributed by atoms with Crippen molar-refractivity contribution in [3.8, 4) is 11.4 Å². The van der Waals surface area contributed by atoms with E-state index in [9.17, 15) is 0 Å². The third-order valence-electron chi connectivity index (χ3n) is 9.52. The van der Waals surface area contributed by atoms with Crippen molar-refractivity contribution >= 4 is 49.8 Å². The first kappa shape index (κ1) is 25.0. The van der Waals surface area contributed by atoms with Gasteiger partial charge in [-0.15, -0.1) is 0 Å². The van der Waals surface area contributed by atoms with E-state index in [1.54, 1.807) is 0 Å². The van der Waals surface area contributed by atoms with E-state index in [-0.39, 0.29) is 5.41 Å². The summed E-state index contributed by atoms with van der Waals surface area (Å²) in [6.07, 6.45) is 2.18. The largest absolute Gasteiger partial charge is 0.316 e. The zero-order chi connectivity index (χ0) is 29.4. The van der Waals surface area contributed by atoms with E-state index in [0.717, 1.165) is 11.4 Å². The van der Waals surface area contributed by atoms with Crippen LogP contribution in [-0.2, 0) is 5.41 Å². The molecule has 0 spiro atoms. The van der Waals surface area contributed by atoms with E-state index >= 15 is 0 Å². The molecule has 1 aliphatic heterocycles. The Morgan fingerprint density at radius 3 is 1.80 bits per heavy atom. The molecule has 3 heteroatoms. The fraction of sp³-hybridized carbons (Fsp3) is 0.0732. The Morgan fingerprint density at radius 1 is 0.455 bits per heavy atom. The Hall–Kier alpha value is -5.54. The lowest BCUT2D eigenvalue weighted by molar-refractivity contribution is 0.632. The molecule has 2 aromatic heterocycles. The lowest BCUT2D eigenvalue weighted by Gasteiger charge is -2.42. The van der Waals surface area contributed by atoms with Gasteiger partial charge in [0.05, 0.1) is 27.9 Å². The highest BCUT2D eigenvalue weighted by atomic mass is 15.2. The van der Waals surface area contributed by atoms with Crippen molar-refractivity contribution in [2.75, 3.05) is 4.90 Å². The van der Waals surface area contributed by atoms with Crippen molar-refractivity contribution in [1.29, 1.82) is 0 Å². The number of nitrogens with zero attached hydrogens (tertiary/aromatic N) is 3. The normalized spacial score (nSPS) is 13.8. The van der Waals surface area contributed by atoms with E-state index in [0.29, 0.717) is 0 Å². The van der Waals surface area contributed by atoms with E-state index in [1.807, 2.05) is 0 Å². The molecule has 0 N–H and O–H groups in total. The highest BCUT2D eigenvalue weighted by Gasteiger charge is 2.36. The van der Waals surface area contributed by atoms with Crippen LogP contribution >= 0.6 is 0 Å². The molecule has 0 saturated heterocycles. The maximum atomic E-state index is 2.42. The van der Waals surface area contributed by atoms with Crippen LogP contribution in [0.15, 0.2) is 152 Å². The highest BCUT2D eigenvalue weighted by Crippen LogP contribution is 2.51. The number of aromatic nitrogens is 2. The first-order valence-corrected chi connectivity index (χ1v) is 15.3. The molecule has 210 valence electrons. The van der Waals surface area contributed by atoms with E-state index < -0.39 is 0 Å². The fourth-order valence-electron chi connectivity index (χ4n) is 7.39. The van der Waals surface area contributed by atoms with Gasteiger partial charge in [0, 0.05) is 44.8 Å². The van der Waals surface area contributed by atoms with Gasteiger partial charge in [-0.05, 0) is 83.9 Å². The quantitative estimate of drug-likeness (QED) is 0.208. The summed E-state index contributed by atoms with van der Waals surface area (Å²) in [7, 11) is 0. The molecule has 3 nitrogen and oxygen atoms in total. The standard InChI is InChI=1S/C41H31N3/c1-41(2)34-15-7-10-18-37(34)44(38-19-11-8-16-35(38)41)31-22-20-30(21-23-31)43-36-17-9-6-14-32(36)33-26-28-24-25-42(39(28)27-40(33)43)29-12-4-3-5-13-29/h3-27H,1-2H3. The van der Waals surface area contributed by atoms with E-state index in [2.05, 4.69) is 180 Å². The lowest BCUT2D eigenvalue weighted by atomic mass is 9.73. The molecule has 8 aromatic rings. The molecule has 0 amide bonds. The third-order valence-corrected chi connectivity index (χ3v) is 9.52. The Balaban J connectivity index is 1.23. The van der Waals surface area contributed by atoms with Gasteiger partial charge in [-0.25, -0.2) is 0 Å². The summed E-state index contributed by atoms with van der Waals surface area (Å²) in [6.45, 7) is 4.66. The van der Waals surface area contributed by atoms with Gasteiger partial charge in [-0.2, -0.15) is 0 Å². The van der Waals surface area contributed by atoms with Gasteiger partial charge in [0.15, 0.2) is 0 Å². The molecule has 0 saturated carbocycles. The number of fused-ring (bicyclic) bond motifs is 6. The van der Waals surface area contributed by atoms with Crippen LogP contribution in [-0.4, -0.2) is 9.13 Å². The number of anilines is 3. The average molecular weight is 566 g/mol. The maximum Gasteiger partial charge on any atom is 0.0562 e. The minimum atomic E-state index is -0.0741. The molecule has 6 aromatic carbocycles. The zero-order valence-electron chi connectivity index (χ0n) is 24.8. The van der Waals surface area contributed by atoms with Crippen LogP contribution in [0.1, 0.15) is 25.0 Å². The molecule has 0 bridgehead atoms. The first-order chi connectivity index (χ1) is 21.6. The molecular formula is C41H31N3. The first-order valence-electron chi connectivity index (χ1n) is 15.3. The zero-order valence-corrected chi connectivity index (χ0v) is 24.8. The third kappa shape index (κ3) is 3.50. The second-order valence-corrected chi connectivity index (χ2v) is 12.3. The maximum absolute atomic E-state index is 2.42. The molecule has 44 heavy (non-hydrogen) atoms. The average Bonchev–Trinajstić information content (AvgIpc) is 3.63. The lowest BCUT2D eigenvalue weighted by Crippen LogP contribution is -2.30. The van der Waals surface area contributed by atoms with Crippen LogP contribution in [0.5, 0.6) is 0 Å². The molecule has 9 rings (SSSR count). The van der Waals surface area contributed by atoms with Gasteiger partial charge in [-0.1, -0.05) is 86.6 Å². The van der Waals surface area contributed by atoms with Gasteiger partial charge >= 0.3 is 0 Å². The van der Waals surface area contributed by atoms with Crippen molar-refractivity contribution in [2.24, 2.45) is 0 Å². The minimum absolute atomic E-state index is 0.0741. The number of para-hydroxylation sites is 4. The molecule has 0 unspecified atom stereocenters. The van der Waals surface area contributed by atoms with Gasteiger partial charge < -0.3 is 14.0 Å². The van der Waals surface area contributed by atoms with Crippen LogP contribution in [0, 0.1) is 0 Å². The van der Waals surface area contributed by atoms with Gasteiger partial charge in [0.1, 0.15) is 0 Å². The van der Waals surface area contributed by atoms with Crippen LogP contribution in [0.25, 0.3) is 44.1 Å². The molecule has 0 radical (unpaired) electrons. The van der Waals surface area contributed by atoms with Gasteiger partial charge in [0.25, 0.3) is 0 Å². The number of hydrogen-bond donors (Lipinski definition) is 0. The van der Waals surface area contributed by atoms with Gasteiger partial charge in [0.2, 0.25) is 0 Å². The monoisotopic (exact) mass is 565 g/mol. The Kier molecular flexibility index (Phi) is 5.24.